The van der Waals surface area contributed by atoms with Gasteiger partial charge in [-0.15, -0.1) is 0 Å². The Bertz CT molecular complexity index is 657. The molecule has 24 heavy (non-hydrogen) atoms. The van der Waals surface area contributed by atoms with Gasteiger partial charge in [-0.3, -0.25) is 4.98 Å². The summed E-state index contributed by atoms with van der Waals surface area (Å²) in [5.41, 5.74) is 1.12. The van der Waals surface area contributed by atoms with Gasteiger partial charge in [0.2, 0.25) is 0 Å². The minimum absolute atomic E-state index is 0.341. The summed E-state index contributed by atoms with van der Waals surface area (Å²) in [6.45, 7) is 16.2. The number of nitrogens with zero attached hydrogens (tertiary/aromatic N) is 1. The summed E-state index contributed by atoms with van der Waals surface area (Å²) in [4.78, 5) is 4.44. The van der Waals surface area contributed by atoms with Crippen LogP contribution >= 0.6 is 11.6 Å². The molecule has 2 heterocycles. The molecule has 1 aromatic heterocycles. The van der Waals surface area contributed by atoms with Crippen molar-refractivity contribution < 1.29 is 9.31 Å². The van der Waals surface area contributed by atoms with Crippen LogP contribution in [0.5, 0.6) is 0 Å². The fourth-order valence-corrected chi connectivity index (χ4v) is 2.39. The van der Waals surface area contributed by atoms with E-state index in [1.807, 2.05) is 79.7 Å². The van der Waals surface area contributed by atoms with Crippen molar-refractivity contribution in [1.29, 1.82) is 0 Å². The Morgan fingerprint density at radius 1 is 0.917 bits per heavy atom. The minimum atomic E-state index is -0.382. The van der Waals surface area contributed by atoms with Gasteiger partial charge in [-0.2, -0.15) is 0 Å². The summed E-state index contributed by atoms with van der Waals surface area (Å²) in [6, 6.07) is 7.71. The topological polar surface area (TPSA) is 31.4 Å². The van der Waals surface area contributed by atoms with E-state index in [2.05, 4.69) is 4.98 Å². The lowest BCUT2D eigenvalue weighted by molar-refractivity contribution is 0.00578. The fraction of sp³-hybridized carbons (Fsp3) is 0.526. The normalized spacial score (nSPS) is 17.6. The summed E-state index contributed by atoms with van der Waals surface area (Å²) < 4.78 is 12.1. The van der Waals surface area contributed by atoms with Crippen LogP contribution in [0.15, 0.2) is 30.5 Å². The number of hydrogen-bond donors (Lipinski definition) is 0. The Hall–Kier alpha value is -1.10. The van der Waals surface area contributed by atoms with E-state index < -0.39 is 0 Å². The van der Waals surface area contributed by atoms with E-state index in [0.29, 0.717) is 5.02 Å². The highest BCUT2D eigenvalue weighted by atomic mass is 35.5. The molecule has 0 amide bonds. The van der Waals surface area contributed by atoms with Gasteiger partial charge in [-0.05, 0) is 45.2 Å². The van der Waals surface area contributed by atoms with E-state index in [4.69, 9.17) is 20.9 Å². The average Bonchev–Trinajstić information content (AvgIpc) is 2.79. The van der Waals surface area contributed by atoms with Crippen molar-refractivity contribution >= 4 is 35.1 Å². The van der Waals surface area contributed by atoms with Crippen molar-refractivity contribution in [2.45, 2.75) is 66.6 Å². The molecule has 1 fully saturated rings. The molecule has 1 aliphatic rings. The molecule has 3 rings (SSSR count). The van der Waals surface area contributed by atoms with E-state index >= 15 is 0 Å². The molecule has 1 aromatic carbocycles. The van der Waals surface area contributed by atoms with Gasteiger partial charge >= 0.3 is 7.12 Å². The fourth-order valence-electron chi connectivity index (χ4n) is 2.22. The predicted octanol–water partition coefficient (Wildman–Crippen LogP) is 5.24. The Labute approximate surface area is 151 Å². The summed E-state index contributed by atoms with van der Waals surface area (Å²) in [5.74, 6) is 0. The third-order valence-electron chi connectivity index (χ3n) is 4.19. The van der Waals surface area contributed by atoms with E-state index in [1.54, 1.807) is 6.20 Å². The van der Waals surface area contributed by atoms with Crippen LogP contribution in [-0.2, 0) is 9.31 Å². The molecule has 0 aliphatic carbocycles. The summed E-state index contributed by atoms with van der Waals surface area (Å²) in [5, 5.41) is 1.72. The Morgan fingerprint density at radius 3 is 2.00 bits per heavy atom. The second-order valence-corrected chi connectivity index (χ2v) is 6.63. The van der Waals surface area contributed by atoms with Crippen LogP contribution in [0.1, 0.15) is 55.4 Å². The van der Waals surface area contributed by atoms with Crippen LogP contribution in [0, 0.1) is 0 Å². The second kappa shape index (κ2) is 8.33. The number of halogens is 1. The van der Waals surface area contributed by atoms with E-state index in [9.17, 15) is 0 Å². The SMILES string of the molecule is CC.CC.CC1(C)OB(c2cnc3cc(Cl)ccc3c2)OC1(C)C. The molecule has 0 radical (unpaired) electrons. The van der Waals surface area contributed by atoms with Gasteiger partial charge in [0, 0.05) is 16.7 Å². The zero-order valence-electron chi connectivity index (χ0n) is 16.1. The number of pyridine rings is 1. The highest BCUT2D eigenvalue weighted by Crippen LogP contribution is 2.36. The summed E-state index contributed by atoms with van der Waals surface area (Å²) >= 11 is 5.97. The summed E-state index contributed by atoms with van der Waals surface area (Å²) in [7, 11) is -0.382. The molecule has 1 aliphatic heterocycles. The molecule has 2 aromatic rings. The van der Waals surface area contributed by atoms with Gasteiger partial charge in [0.25, 0.3) is 0 Å². The molecule has 132 valence electrons. The van der Waals surface area contributed by atoms with Crippen molar-refractivity contribution in [2.24, 2.45) is 0 Å². The monoisotopic (exact) mass is 349 g/mol. The molecule has 5 heteroatoms. The number of rotatable bonds is 1. The molecular weight excluding hydrogens is 320 g/mol. The quantitative estimate of drug-likeness (QED) is 0.660. The molecule has 3 nitrogen and oxygen atoms in total. The lowest BCUT2D eigenvalue weighted by Gasteiger charge is -2.32. The van der Waals surface area contributed by atoms with Crippen molar-refractivity contribution in [3.8, 4) is 0 Å². The third-order valence-corrected chi connectivity index (χ3v) is 4.43. The molecule has 0 bridgehead atoms. The Morgan fingerprint density at radius 2 is 1.46 bits per heavy atom. The zero-order valence-corrected chi connectivity index (χ0v) is 16.9. The molecule has 0 saturated carbocycles. The first-order chi connectivity index (χ1) is 11.3. The average molecular weight is 350 g/mol. The van der Waals surface area contributed by atoms with Crippen LogP contribution < -0.4 is 5.46 Å². The van der Waals surface area contributed by atoms with Crippen LogP contribution in [0.3, 0.4) is 0 Å². The highest BCUT2D eigenvalue weighted by molar-refractivity contribution is 6.62. The number of hydrogen-bond acceptors (Lipinski definition) is 3. The van der Waals surface area contributed by atoms with Gasteiger partial charge in [-0.1, -0.05) is 51.4 Å². The number of benzene rings is 1. The first-order valence-electron chi connectivity index (χ1n) is 8.69. The van der Waals surface area contributed by atoms with Crippen molar-refractivity contribution in [3.63, 3.8) is 0 Å². The molecule has 0 spiro atoms. The molecule has 0 unspecified atom stereocenters. The van der Waals surface area contributed by atoms with Crippen molar-refractivity contribution in [3.05, 3.63) is 35.5 Å². The minimum Gasteiger partial charge on any atom is -0.399 e. The smallest absolute Gasteiger partial charge is 0.399 e. The van der Waals surface area contributed by atoms with Crippen LogP contribution in [0.25, 0.3) is 10.9 Å². The molecule has 0 N–H and O–H groups in total. The highest BCUT2D eigenvalue weighted by Gasteiger charge is 2.51. The van der Waals surface area contributed by atoms with Crippen molar-refractivity contribution in [2.75, 3.05) is 0 Å². The van der Waals surface area contributed by atoms with Gasteiger partial charge in [-0.25, -0.2) is 0 Å². The first-order valence-corrected chi connectivity index (χ1v) is 9.07. The predicted molar refractivity (Wildman–Crippen MR) is 105 cm³/mol. The van der Waals surface area contributed by atoms with Gasteiger partial charge in [0.05, 0.1) is 16.7 Å². The van der Waals surface area contributed by atoms with E-state index in [1.165, 1.54) is 0 Å². The molecule has 1 saturated heterocycles. The van der Waals surface area contributed by atoms with Gasteiger partial charge in [0.15, 0.2) is 0 Å². The van der Waals surface area contributed by atoms with Crippen LogP contribution in [0.2, 0.25) is 5.02 Å². The molecule has 0 atom stereocenters. The maximum atomic E-state index is 6.03. The van der Waals surface area contributed by atoms with E-state index in [-0.39, 0.29) is 18.3 Å². The van der Waals surface area contributed by atoms with E-state index in [0.717, 1.165) is 16.4 Å². The number of fused-ring (bicyclic) bond motifs is 1. The third kappa shape index (κ3) is 4.30. The molecular formula is C19H29BClNO2. The maximum absolute atomic E-state index is 6.03. The van der Waals surface area contributed by atoms with Gasteiger partial charge in [0.1, 0.15) is 0 Å². The lowest BCUT2D eigenvalue weighted by Crippen LogP contribution is -2.41. The maximum Gasteiger partial charge on any atom is 0.496 e. The Kier molecular flexibility index (Phi) is 7.27. The Balaban J connectivity index is 0.000000671. The summed E-state index contributed by atoms with van der Waals surface area (Å²) in [6.07, 6.45) is 1.79. The second-order valence-electron chi connectivity index (χ2n) is 6.19. The largest absolute Gasteiger partial charge is 0.496 e. The van der Waals surface area contributed by atoms with Crippen LogP contribution in [-0.4, -0.2) is 23.3 Å². The first kappa shape index (κ1) is 20.9. The van der Waals surface area contributed by atoms with Gasteiger partial charge < -0.3 is 9.31 Å². The zero-order chi connectivity index (χ0) is 18.5. The standard InChI is InChI=1S/C15H17BClNO2.2C2H6/c1-14(2)15(3,4)20-16(19-14)11-7-10-5-6-12(17)8-13(10)18-9-11;2*1-2/h5-9H,1-4H3;2*1-2H3. The van der Waals surface area contributed by atoms with Crippen LogP contribution in [0.4, 0.5) is 0 Å². The lowest BCUT2D eigenvalue weighted by atomic mass is 9.80. The van der Waals surface area contributed by atoms with Crippen molar-refractivity contribution in [1.82, 2.24) is 4.98 Å². The number of aromatic nitrogens is 1.